The number of thiocarbonyl (C=S) groups is 1. The fourth-order valence-corrected chi connectivity index (χ4v) is 3.42. The van der Waals surface area contributed by atoms with Crippen LogP contribution in [0.3, 0.4) is 0 Å². The second kappa shape index (κ2) is 7.29. The van der Waals surface area contributed by atoms with Gasteiger partial charge in [-0.25, -0.2) is 4.79 Å². The summed E-state index contributed by atoms with van der Waals surface area (Å²) < 4.78 is 4.72. The van der Waals surface area contributed by atoms with Crippen LogP contribution in [0.5, 0.6) is 0 Å². The number of benzene rings is 1. The standard InChI is InChI=1S/C16H21ClN2O2S/c1-3-16(8-4-5-9-16)19-15(22)18-11-6-7-13(17)12(10-11)14(20)21-2/h6-7,10H,3-5,8-9H2,1-2H3,(H2,18,19,22). The van der Waals surface area contributed by atoms with Gasteiger partial charge in [0.25, 0.3) is 0 Å². The SMILES string of the molecule is CCC1(NC(=S)Nc2ccc(Cl)c(C(=O)OC)c2)CCCC1. The van der Waals surface area contributed by atoms with Gasteiger partial charge < -0.3 is 15.4 Å². The third-order valence-corrected chi connectivity index (χ3v) is 4.78. The van der Waals surface area contributed by atoms with Crippen LogP contribution < -0.4 is 10.6 Å². The van der Waals surface area contributed by atoms with E-state index in [0.717, 1.165) is 19.3 Å². The number of rotatable bonds is 4. The van der Waals surface area contributed by atoms with Crippen molar-refractivity contribution in [1.29, 1.82) is 0 Å². The molecule has 1 aliphatic rings. The number of halogens is 1. The Bertz CT molecular complexity index is 571. The molecule has 0 amide bonds. The van der Waals surface area contributed by atoms with E-state index in [-0.39, 0.29) is 5.54 Å². The summed E-state index contributed by atoms with van der Waals surface area (Å²) in [5.41, 5.74) is 1.14. The number of methoxy groups -OCH3 is 1. The minimum absolute atomic E-state index is 0.0989. The van der Waals surface area contributed by atoms with E-state index in [4.69, 9.17) is 28.6 Å². The van der Waals surface area contributed by atoms with Crippen molar-refractivity contribution in [2.45, 2.75) is 44.6 Å². The molecular weight excluding hydrogens is 320 g/mol. The van der Waals surface area contributed by atoms with Crippen LogP contribution in [-0.2, 0) is 4.74 Å². The van der Waals surface area contributed by atoms with E-state index in [2.05, 4.69) is 17.6 Å². The van der Waals surface area contributed by atoms with E-state index in [1.807, 2.05) is 0 Å². The molecule has 22 heavy (non-hydrogen) atoms. The Kier molecular flexibility index (Phi) is 5.64. The van der Waals surface area contributed by atoms with Gasteiger partial charge in [0.2, 0.25) is 0 Å². The smallest absolute Gasteiger partial charge is 0.339 e. The average Bonchev–Trinajstić information content (AvgIpc) is 2.97. The predicted molar refractivity (Wildman–Crippen MR) is 93.6 cm³/mol. The number of nitrogens with one attached hydrogen (secondary N) is 2. The van der Waals surface area contributed by atoms with E-state index < -0.39 is 5.97 Å². The highest BCUT2D eigenvalue weighted by atomic mass is 35.5. The minimum atomic E-state index is -0.464. The fraction of sp³-hybridized carbons (Fsp3) is 0.500. The van der Waals surface area contributed by atoms with E-state index in [0.29, 0.717) is 21.4 Å². The maximum atomic E-state index is 11.7. The molecule has 1 fully saturated rings. The summed E-state index contributed by atoms with van der Waals surface area (Å²) in [5, 5.41) is 7.50. The highest BCUT2D eigenvalue weighted by Gasteiger charge is 2.32. The first-order valence-electron chi connectivity index (χ1n) is 7.47. The third-order valence-electron chi connectivity index (χ3n) is 4.25. The van der Waals surface area contributed by atoms with Crippen LogP contribution in [0.15, 0.2) is 18.2 Å². The summed E-state index contributed by atoms with van der Waals surface area (Å²) in [7, 11) is 1.33. The number of ether oxygens (including phenoxy) is 1. The average molecular weight is 341 g/mol. The van der Waals surface area contributed by atoms with Crippen LogP contribution >= 0.6 is 23.8 Å². The molecule has 0 radical (unpaired) electrons. The van der Waals surface area contributed by atoms with E-state index in [1.165, 1.54) is 20.0 Å². The number of hydrogen-bond acceptors (Lipinski definition) is 3. The molecule has 0 heterocycles. The Balaban J connectivity index is 2.07. The maximum absolute atomic E-state index is 11.7. The van der Waals surface area contributed by atoms with Crippen molar-refractivity contribution in [3.05, 3.63) is 28.8 Å². The van der Waals surface area contributed by atoms with Crippen LogP contribution in [-0.4, -0.2) is 23.7 Å². The molecule has 2 rings (SSSR count). The van der Waals surface area contributed by atoms with E-state index in [1.54, 1.807) is 18.2 Å². The topological polar surface area (TPSA) is 50.4 Å². The molecular formula is C16H21ClN2O2S. The second-order valence-corrected chi connectivity index (χ2v) is 6.42. The normalized spacial score (nSPS) is 16.1. The Morgan fingerprint density at radius 3 is 2.68 bits per heavy atom. The first-order chi connectivity index (χ1) is 10.5. The third kappa shape index (κ3) is 3.90. The highest BCUT2D eigenvalue weighted by molar-refractivity contribution is 7.80. The zero-order chi connectivity index (χ0) is 16.2. The molecule has 0 aromatic heterocycles. The van der Waals surface area contributed by atoms with Crippen molar-refractivity contribution < 1.29 is 9.53 Å². The lowest BCUT2D eigenvalue weighted by atomic mass is 9.95. The lowest BCUT2D eigenvalue weighted by Crippen LogP contribution is -2.47. The van der Waals surface area contributed by atoms with Crippen molar-refractivity contribution in [3.63, 3.8) is 0 Å². The molecule has 0 atom stereocenters. The molecule has 1 aromatic rings. The summed E-state index contributed by atoms with van der Waals surface area (Å²) in [5.74, 6) is -0.464. The Morgan fingerprint density at radius 1 is 1.41 bits per heavy atom. The van der Waals surface area contributed by atoms with Gasteiger partial charge in [-0.05, 0) is 49.7 Å². The fourth-order valence-electron chi connectivity index (χ4n) is 2.89. The quantitative estimate of drug-likeness (QED) is 0.637. The van der Waals surface area contributed by atoms with Crippen LogP contribution in [0.25, 0.3) is 0 Å². The molecule has 0 bridgehead atoms. The van der Waals surface area contributed by atoms with Crippen LogP contribution in [0.1, 0.15) is 49.4 Å². The molecule has 0 spiro atoms. The van der Waals surface area contributed by atoms with Gasteiger partial charge in [-0.1, -0.05) is 31.4 Å². The summed E-state index contributed by atoms with van der Waals surface area (Å²) in [6.07, 6.45) is 5.79. The summed E-state index contributed by atoms with van der Waals surface area (Å²) in [6.45, 7) is 2.18. The monoisotopic (exact) mass is 340 g/mol. The molecule has 0 aliphatic heterocycles. The molecule has 1 aliphatic carbocycles. The molecule has 4 nitrogen and oxygen atoms in total. The van der Waals surface area contributed by atoms with Crippen LogP contribution in [0.4, 0.5) is 5.69 Å². The van der Waals surface area contributed by atoms with Crippen molar-refractivity contribution >= 4 is 40.6 Å². The summed E-state index contributed by atoms with van der Waals surface area (Å²) >= 11 is 11.4. The van der Waals surface area contributed by atoms with Gasteiger partial charge in [-0.2, -0.15) is 0 Å². The predicted octanol–water partition coefficient (Wildman–Crippen LogP) is 4.14. The highest BCUT2D eigenvalue weighted by Crippen LogP contribution is 2.32. The van der Waals surface area contributed by atoms with Gasteiger partial charge in [0.05, 0.1) is 17.7 Å². The number of carbonyl (C=O) groups excluding carboxylic acids is 1. The Labute approximate surface area is 141 Å². The minimum Gasteiger partial charge on any atom is -0.465 e. The van der Waals surface area contributed by atoms with E-state index in [9.17, 15) is 4.79 Å². The summed E-state index contributed by atoms with van der Waals surface area (Å²) in [4.78, 5) is 11.7. The van der Waals surface area contributed by atoms with Crippen LogP contribution in [0.2, 0.25) is 5.02 Å². The molecule has 120 valence electrons. The molecule has 2 N–H and O–H groups in total. The number of esters is 1. The second-order valence-electron chi connectivity index (χ2n) is 5.61. The van der Waals surface area contributed by atoms with E-state index >= 15 is 0 Å². The van der Waals surface area contributed by atoms with Gasteiger partial charge >= 0.3 is 5.97 Å². The van der Waals surface area contributed by atoms with Gasteiger partial charge in [0.1, 0.15) is 0 Å². The lowest BCUT2D eigenvalue weighted by Gasteiger charge is -2.30. The number of anilines is 1. The van der Waals surface area contributed by atoms with Crippen LogP contribution in [0, 0.1) is 0 Å². The Morgan fingerprint density at radius 2 is 2.09 bits per heavy atom. The maximum Gasteiger partial charge on any atom is 0.339 e. The lowest BCUT2D eigenvalue weighted by molar-refractivity contribution is 0.0601. The van der Waals surface area contributed by atoms with Crippen molar-refractivity contribution in [2.75, 3.05) is 12.4 Å². The number of carbonyl (C=O) groups is 1. The zero-order valence-corrected chi connectivity index (χ0v) is 14.4. The molecule has 6 heteroatoms. The molecule has 1 saturated carbocycles. The summed E-state index contributed by atoms with van der Waals surface area (Å²) in [6, 6.07) is 5.09. The molecule has 1 aromatic carbocycles. The molecule has 0 unspecified atom stereocenters. The largest absolute Gasteiger partial charge is 0.465 e. The van der Waals surface area contributed by atoms with Crippen molar-refractivity contribution in [1.82, 2.24) is 5.32 Å². The molecule has 0 saturated heterocycles. The van der Waals surface area contributed by atoms with Crippen molar-refractivity contribution in [3.8, 4) is 0 Å². The van der Waals surface area contributed by atoms with Crippen molar-refractivity contribution in [2.24, 2.45) is 0 Å². The van der Waals surface area contributed by atoms with Gasteiger partial charge in [-0.3, -0.25) is 0 Å². The zero-order valence-electron chi connectivity index (χ0n) is 12.9. The van der Waals surface area contributed by atoms with Gasteiger partial charge in [0, 0.05) is 11.2 Å². The first-order valence-corrected chi connectivity index (χ1v) is 8.25. The number of hydrogen-bond donors (Lipinski definition) is 2. The first kappa shape index (κ1) is 17.0. The Hall–Kier alpha value is -1.33. The van der Waals surface area contributed by atoms with Gasteiger partial charge in [0.15, 0.2) is 5.11 Å². The van der Waals surface area contributed by atoms with Gasteiger partial charge in [-0.15, -0.1) is 0 Å².